The third-order valence-corrected chi connectivity index (χ3v) is 9.10. The van der Waals surface area contributed by atoms with Gasteiger partial charge in [0, 0.05) is 18.4 Å². The van der Waals surface area contributed by atoms with Crippen molar-refractivity contribution in [3.8, 4) is 0 Å². The first-order valence-electron chi connectivity index (χ1n) is 11.7. The highest BCUT2D eigenvalue weighted by Gasteiger charge is 2.66. The van der Waals surface area contributed by atoms with E-state index in [1.165, 1.54) is 0 Å². The normalized spacial score (nSPS) is 47.3. The van der Waals surface area contributed by atoms with E-state index in [1.54, 1.807) is 0 Å². The van der Waals surface area contributed by atoms with E-state index in [9.17, 15) is 10.2 Å². The number of ether oxygens (including phenoxy) is 2. The Balaban J connectivity index is 1.56. The Hall–Kier alpha value is -0.460. The number of hydrogen-bond donors (Lipinski definition) is 2. The van der Waals surface area contributed by atoms with Crippen LogP contribution in [0.2, 0.25) is 0 Å². The number of nitrogens with zero attached hydrogens (tertiary/aromatic N) is 1. The lowest BCUT2D eigenvalue weighted by atomic mass is 9.51. The van der Waals surface area contributed by atoms with Crippen LogP contribution in [0.15, 0.2) is 12.2 Å². The number of aliphatic hydroxyl groups excluding tert-OH is 2. The molecule has 0 aromatic rings. The Morgan fingerprint density at radius 1 is 0.966 bits per heavy atom. The lowest BCUT2D eigenvalue weighted by molar-refractivity contribution is -0.249. The molecule has 29 heavy (non-hydrogen) atoms. The maximum absolute atomic E-state index is 11.7. The molecule has 4 aliphatic rings. The van der Waals surface area contributed by atoms with E-state index in [1.807, 2.05) is 0 Å². The molecule has 0 bridgehead atoms. The van der Waals surface area contributed by atoms with Crippen molar-refractivity contribution in [2.24, 2.45) is 28.6 Å². The number of allylic oxidation sites excluding steroid dienone is 1. The molecule has 2 N–H and O–H groups in total. The maximum Gasteiger partial charge on any atom is 0.174 e. The third-order valence-electron chi connectivity index (χ3n) is 9.10. The smallest absolute Gasteiger partial charge is 0.174 e. The molecule has 166 valence electrons. The lowest BCUT2D eigenvalue weighted by Crippen LogP contribution is -2.57. The monoisotopic (exact) mass is 407 g/mol. The average molecular weight is 408 g/mol. The summed E-state index contributed by atoms with van der Waals surface area (Å²) in [6.45, 7) is 6.92. The summed E-state index contributed by atoms with van der Waals surface area (Å²) in [5, 5.41) is 22.0. The van der Waals surface area contributed by atoms with E-state index in [0.29, 0.717) is 19.1 Å². The summed E-state index contributed by atoms with van der Waals surface area (Å²) >= 11 is 0. The maximum atomic E-state index is 11.7. The predicted molar refractivity (Wildman–Crippen MR) is 113 cm³/mol. The van der Waals surface area contributed by atoms with Crippen LogP contribution in [0.1, 0.15) is 58.8 Å². The molecule has 0 radical (unpaired) electrons. The molecule has 1 saturated heterocycles. The fraction of sp³-hybridized carbons (Fsp3) is 0.917. The zero-order chi connectivity index (χ0) is 20.9. The van der Waals surface area contributed by atoms with Crippen LogP contribution >= 0.6 is 0 Å². The molecule has 5 heteroatoms. The SMILES string of the molecule is CN(C)CC=C[C@H]1C[C@@H](O)CC[C@]1(C)C1CC[C@@]2(C)C(CCC23OCCO3)[C@@H]1O. The summed E-state index contributed by atoms with van der Waals surface area (Å²) in [7, 11) is 4.15. The van der Waals surface area contributed by atoms with Crippen molar-refractivity contribution in [2.75, 3.05) is 33.9 Å². The van der Waals surface area contributed by atoms with E-state index >= 15 is 0 Å². The highest BCUT2D eigenvalue weighted by atomic mass is 16.7. The molecule has 0 aromatic heterocycles. The van der Waals surface area contributed by atoms with Crippen molar-refractivity contribution in [1.82, 2.24) is 4.90 Å². The number of fused-ring (bicyclic) bond motifs is 2. The van der Waals surface area contributed by atoms with Crippen LogP contribution < -0.4 is 0 Å². The molecule has 4 fully saturated rings. The van der Waals surface area contributed by atoms with Gasteiger partial charge >= 0.3 is 0 Å². The molecule has 3 saturated carbocycles. The first-order valence-corrected chi connectivity index (χ1v) is 11.7. The van der Waals surface area contributed by atoms with Gasteiger partial charge in [0.2, 0.25) is 0 Å². The molecule has 0 aromatic carbocycles. The minimum Gasteiger partial charge on any atom is -0.393 e. The fourth-order valence-corrected chi connectivity index (χ4v) is 7.25. The first kappa shape index (κ1) is 21.8. The van der Waals surface area contributed by atoms with Gasteiger partial charge in [-0.05, 0) is 75.8 Å². The number of likely N-dealkylation sites (N-methyl/N-ethyl adjacent to an activating group) is 1. The van der Waals surface area contributed by atoms with E-state index in [-0.39, 0.29) is 34.9 Å². The van der Waals surface area contributed by atoms with Crippen molar-refractivity contribution in [2.45, 2.75) is 76.8 Å². The zero-order valence-corrected chi connectivity index (χ0v) is 18.8. The summed E-state index contributed by atoms with van der Waals surface area (Å²) in [6.07, 6.45) is 10.6. The second-order valence-corrected chi connectivity index (χ2v) is 10.9. The molecule has 5 nitrogen and oxygen atoms in total. The van der Waals surface area contributed by atoms with Gasteiger partial charge in [0.15, 0.2) is 5.79 Å². The minimum absolute atomic E-state index is 0.0237. The van der Waals surface area contributed by atoms with E-state index in [0.717, 1.165) is 51.5 Å². The topological polar surface area (TPSA) is 62.2 Å². The average Bonchev–Trinajstić information content (AvgIpc) is 3.25. The van der Waals surface area contributed by atoms with Gasteiger partial charge in [-0.3, -0.25) is 0 Å². The molecule has 1 aliphatic heterocycles. The molecule has 1 heterocycles. The number of aliphatic hydroxyl groups is 2. The molecule has 4 rings (SSSR count). The van der Waals surface area contributed by atoms with E-state index < -0.39 is 5.79 Å². The summed E-state index contributed by atoms with van der Waals surface area (Å²) in [6, 6.07) is 0. The molecular weight excluding hydrogens is 366 g/mol. The molecule has 1 spiro atoms. The molecular formula is C24H41NO4. The Labute approximate surface area is 176 Å². The van der Waals surface area contributed by atoms with Crippen LogP contribution in [0, 0.1) is 28.6 Å². The van der Waals surface area contributed by atoms with Crippen molar-refractivity contribution in [3.05, 3.63) is 12.2 Å². The van der Waals surface area contributed by atoms with E-state index in [4.69, 9.17) is 9.47 Å². The fourth-order valence-electron chi connectivity index (χ4n) is 7.25. The Morgan fingerprint density at radius 2 is 1.66 bits per heavy atom. The van der Waals surface area contributed by atoms with Gasteiger partial charge in [0.25, 0.3) is 0 Å². The summed E-state index contributed by atoms with van der Waals surface area (Å²) in [4.78, 5) is 2.16. The Morgan fingerprint density at radius 3 is 2.34 bits per heavy atom. The van der Waals surface area contributed by atoms with Gasteiger partial charge < -0.3 is 24.6 Å². The van der Waals surface area contributed by atoms with Gasteiger partial charge in [0.1, 0.15) is 0 Å². The minimum atomic E-state index is -0.474. The lowest BCUT2D eigenvalue weighted by Gasteiger charge is -2.56. The van der Waals surface area contributed by atoms with E-state index in [2.05, 4.69) is 45.0 Å². The summed E-state index contributed by atoms with van der Waals surface area (Å²) < 4.78 is 12.3. The Bertz CT molecular complexity index is 616. The van der Waals surface area contributed by atoms with Crippen LogP contribution in [0.4, 0.5) is 0 Å². The predicted octanol–water partition coefficient (Wildman–Crippen LogP) is 3.20. The summed E-state index contributed by atoms with van der Waals surface area (Å²) in [5.74, 6) is 0.329. The van der Waals surface area contributed by atoms with Crippen LogP contribution in [-0.2, 0) is 9.47 Å². The second-order valence-electron chi connectivity index (χ2n) is 10.9. The van der Waals surface area contributed by atoms with Crippen molar-refractivity contribution >= 4 is 0 Å². The van der Waals surface area contributed by atoms with Gasteiger partial charge in [-0.2, -0.15) is 0 Å². The quantitative estimate of drug-likeness (QED) is 0.701. The molecule has 2 unspecified atom stereocenters. The van der Waals surface area contributed by atoms with Gasteiger partial charge in [0.05, 0.1) is 25.4 Å². The molecule has 7 atom stereocenters. The largest absolute Gasteiger partial charge is 0.393 e. The van der Waals surface area contributed by atoms with Crippen molar-refractivity contribution in [1.29, 1.82) is 0 Å². The van der Waals surface area contributed by atoms with Gasteiger partial charge in [-0.1, -0.05) is 26.0 Å². The van der Waals surface area contributed by atoms with Crippen molar-refractivity contribution < 1.29 is 19.7 Å². The molecule has 3 aliphatic carbocycles. The van der Waals surface area contributed by atoms with Gasteiger partial charge in [-0.15, -0.1) is 0 Å². The Kier molecular flexibility index (Phi) is 5.93. The highest BCUT2D eigenvalue weighted by Crippen LogP contribution is 2.64. The van der Waals surface area contributed by atoms with Crippen LogP contribution in [0.25, 0.3) is 0 Å². The third kappa shape index (κ3) is 3.51. The first-order chi connectivity index (χ1) is 13.7. The van der Waals surface area contributed by atoms with Crippen LogP contribution in [0.5, 0.6) is 0 Å². The number of rotatable bonds is 4. The highest BCUT2D eigenvalue weighted by molar-refractivity contribution is 5.13. The van der Waals surface area contributed by atoms with Gasteiger partial charge in [-0.25, -0.2) is 0 Å². The summed E-state index contributed by atoms with van der Waals surface area (Å²) in [5.41, 5.74) is -0.0733. The number of hydrogen-bond acceptors (Lipinski definition) is 5. The standard InChI is InChI=1S/C24H41NO4/c1-22(10-7-18(26)16-17(22)6-5-13-25(3)4)19-8-11-23(2)20(21(19)27)9-12-24(23)28-14-15-29-24/h5-6,17-21,26-27H,7-16H2,1-4H3/t17-,18-,19?,20?,21+,22-,23-/m0/s1. The van der Waals surface area contributed by atoms with Crippen LogP contribution in [-0.4, -0.2) is 67.0 Å². The van der Waals surface area contributed by atoms with Crippen LogP contribution in [0.3, 0.4) is 0 Å². The second kappa shape index (κ2) is 7.90. The van der Waals surface area contributed by atoms with Crippen molar-refractivity contribution in [3.63, 3.8) is 0 Å². The zero-order valence-electron chi connectivity index (χ0n) is 18.8. The molecule has 0 amide bonds.